The van der Waals surface area contributed by atoms with Gasteiger partial charge in [-0.05, 0) is 25.3 Å². The Bertz CT molecular complexity index is 601. The molecule has 1 aromatic carbocycles. The number of aliphatic hydroxyl groups is 1. The average molecular weight is 344 g/mol. The first-order chi connectivity index (χ1) is 12.0. The van der Waals surface area contributed by atoms with E-state index in [2.05, 4.69) is 0 Å². The number of nitrogens with zero attached hydrogens (tertiary/aromatic N) is 2. The first-order valence-electron chi connectivity index (χ1n) is 9.32. The molecule has 0 spiro atoms. The largest absolute Gasteiger partial charge is 0.380 e. The van der Waals surface area contributed by atoms with Gasteiger partial charge < -0.3 is 14.9 Å². The van der Waals surface area contributed by atoms with E-state index in [9.17, 15) is 14.7 Å². The van der Waals surface area contributed by atoms with Crippen LogP contribution in [-0.4, -0.2) is 58.5 Å². The summed E-state index contributed by atoms with van der Waals surface area (Å²) in [4.78, 5) is 28.8. The molecule has 0 radical (unpaired) electrons. The van der Waals surface area contributed by atoms with Crippen LogP contribution in [0.4, 0.5) is 0 Å². The Morgan fingerprint density at radius 2 is 1.60 bits per heavy atom. The smallest absolute Gasteiger partial charge is 0.254 e. The van der Waals surface area contributed by atoms with Crippen LogP contribution in [0.2, 0.25) is 0 Å². The van der Waals surface area contributed by atoms with Gasteiger partial charge in [0.15, 0.2) is 0 Å². The molecule has 1 heterocycles. The standard InChI is InChI=1S/C20H28N2O3/c1-20(25,15-16-7-3-2-4-8-16)19(24)22-13-11-21(12-14-22)18(23)17-9-5-6-10-17/h2-4,7-8,17,25H,5-6,9-15H2,1H3/t20-/m0/s1. The monoisotopic (exact) mass is 344 g/mol. The summed E-state index contributed by atoms with van der Waals surface area (Å²) in [6.45, 7) is 3.73. The molecule has 5 heteroatoms. The van der Waals surface area contributed by atoms with Crippen molar-refractivity contribution in [2.45, 2.75) is 44.6 Å². The fourth-order valence-electron chi connectivity index (χ4n) is 3.97. The van der Waals surface area contributed by atoms with Crippen LogP contribution in [0.25, 0.3) is 0 Å². The van der Waals surface area contributed by atoms with Crippen LogP contribution in [0.15, 0.2) is 30.3 Å². The van der Waals surface area contributed by atoms with E-state index >= 15 is 0 Å². The summed E-state index contributed by atoms with van der Waals surface area (Å²) >= 11 is 0. The van der Waals surface area contributed by atoms with Crippen molar-refractivity contribution in [2.75, 3.05) is 26.2 Å². The Kier molecular flexibility index (Phi) is 5.42. The van der Waals surface area contributed by atoms with Gasteiger partial charge in [-0.2, -0.15) is 0 Å². The molecule has 0 unspecified atom stereocenters. The molecule has 1 saturated carbocycles. The number of benzene rings is 1. The summed E-state index contributed by atoms with van der Waals surface area (Å²) < 4.78 is 0. The topological polar surface area (TPSA) is 60.9 Å². The number of hydrogen-bond donors (Lipinski definition) is 1. The molecule has 3 rings (SSSR count). The molecule has 25 heavy (non-hydrogen) atoms. The van der Waals surface area contributed by atoms with Gasteiger partial charge in [0, 0.05) is 38.5 Å². The molecule has 2 fully saturated rings. The van der Waals surface area contributed by atoms with Gasteiger partial charge in [0.1, 0.15) is 5.60 Å². The van der Waals surface area contributed by atoms with Crippen LogP contribution in [0.1, 0.15) is 38.2 Å². The molecule has 136 valence electrons. The predicted octanol–water partition coefficient (Wildman–Crippen LogP) is 1.84. The lowest BCUT2D eigenvalue weighted by atomic mass is 9.94. The minimum atomic E-state index is -1.42. The molecule has 1 saturated heterocycles. The van der Waals surface area contributed by atoms with Crippen molar-refractivity contribution in [3.8, 4) is 0 Å². The molecule has 2 amide bonds. The second-order valence-corrected chi connectivity index (χ2v) is 7.54. The number of amides is 2. The normalized spacial score (nSPS) is 21.2. The Balaban J connectivity index is 1.54. The lowest BCUT2D eigenvalue weighted by molar-refractivity contribution is -0.153. The van der Waals surface area contributed by atoms with Gasteiger partial charge >= 0.3 is 0 Å². The molecular weight excluding hydrogens is 316 g/mol. The summed E-state index contributed by atoms with van der Waals surface area (Å²) in [7, 11) is 0. The van der Waals surface area contributed by atoms with E-state index in [1.807, 2.05) is 35.2 Å². The van der Waals surface area contributed by atoms with Crippen molar-refractivity contribution in [3.63, 3.8) is 0 Å². The maximum absolute atomic E-state index is 12.7. The zero-order chi connectivity index (χ0) is 17.9. The van der Waals surface area contributed by atoms with Crippen molar-refractivity contribution >= 4 is 11.8 Å². The first-order valence-corrected chi connectivity index (χ1v) is 9.32. The Morgan fingerprint density at radius 3 is 2.20 bits per heavy atom. The molecule has 1 N–H and O–H groups in total. The highest BCUT2D eigenvalue weighted by atomic mass is 16.3. The maximum Gasteiger partial charge on any atom is 0.254 e. The van der Waals surface area contributed by atoms with Gasteiger partial charge in [0.25, 0.3) is 5.91 Å². The summed E-state index contributed by atoms with van der Waals surface area (Å²) in [5, 5.41) is 10.7. The molecule has 1 aliphatic carbocycles. The summed E-state index contributed by atoms with van der Waals surface area (Å²) in [6, 6.07) is 9.56. The number of rotatable bonds is 4. The number of carbonyl (C=O) groups is 2. The van der Waals surface area contributed by atoms with Gasteiger partial charge in [0.2, 0.25) is 5.91 Å². The third kappa shape index (κ3) is 4.21. The molecular formula is C20H28N2O3. The van der Waals surface area contributed by atoms with Gasteiger partial charge in [-0.3, -0.25) is 9.59 Å². The Morgan fingerprint density at radius 1 is 1.04 bits per heavy atom. The third-order valence-corrected chi connectivity index (χ3v) is 5.43. The fraction of sp³-hybridized carbons (Fsp3) is 0.600. The SMILES string of the molecule is C[C@](O)(Cc1ccccc1)C(=O)N1CCN(C(=O)C2CCCC2)CC1. The van der Waals surface area contributed by atoms with Crippen molar-refractivity contribution in [2.24, 2.45) is 5.92 Å². The highest BCUT2D eigenvalue weighted by molar-refractivity contribution is 5.85. The minimum absolute atomic E-state index is 0.184. The van der Waals surface area contributed by atoms with Crippen molar-refractivity contribution in [3.05, 3.63) is 35.9 Å². The van der Waals surface area contributed by atoms with E-state index in [1.165, 1.54) is 0 Å². The Hall–Kier alpha value is -1.88. The minimum Gasteiger partial charge on any atom is -0.380 e. The van der Waals surface area contributed by atoms with Crippen LogP contribution >= 0.6 is 0 Å². The maximum atomic E-state index is 12.7. The van der Waals surface area contributed by atoms with Gasteiger partial charge in [0.05, 0.1) is 0 Å². The lowest BCUT2D eigenvalue weighted by Crippen LogP contribution is -2.57. The molecule has 1 atom stereocenters. The van der Waals surface area contributed by atoms with Crippen molar-refractivity contribution < 1.29 is 14.7 Å². The summed E-state index contributed by atoms with van der Waals surface area (Å²) in [5.74, 6) is 0.188. The summed E-state index contributed by atoms with van der Waals surface area (Å²) in [6.07, 6.45) is 4.61. The molecule has 1 aromatic rings. The molecule has 5 nitrogen and oxygen atoms in total. The second-order valence-electron chi connectivity index (χ2n) is 7.54. The van der Waals surface area contributed by atoms with Crippen molar-refractivity contribution in [1.29, 1.82) is 0 Å². The zero-order valence-electron chi connectivity index (χ0n) is 15.0. The van der Waals surface area contributed by atoms with Crippen molar-refractivity contribution in [1.82, 2.24) is 9.80 Å². The van der Waals surface area contributed by atoms with E-state index in [1.54, 1.807) is 11.8 Å². The lowest BCUT2D eigenvalue weighted by Gasteiger charge is -2.38. The fourth-order valence-corrected chi connectivity index (χ4v) is 3.97. The molecule has 0 aromatic heterocycles. The highest BCUT2D eigenvalue weighted by Gasteiger charge is 2.37. The zero-order valence-corrected chi connectivity index (χ0v) is 15.0. The predicted molar refractivity (Wildman–Crippen MR) is 95.9 cm³/mol. The van der Waals surface area contributed by atoms with E-state index in [0.29, 0.717) is 32.6 Å². The van der Waals surface area contributed by atoms with Crippen LogP contribution in [0.5, 0.6) is 0 Å². The van der Waals surface area contributed by atoms with Gasteiger partial charge in [-0.15, -0.1) is 0 Å². The van der Waals surface area contributed by atoms with E-state index in [-0.39, 0.29) is 17.7 Å². The number of hydrogen-bond acceptors (Lipinski definition) is 3. The number of carbonyl (C=O) groups excluding carboxylic acids is 2. The van der Waals surface area contributed by atoms with E-state index in [4.69, 9.17) is 0 Å². The highest BCUT2D eigenvalue weighted by Crippen LogP contribution is 2.27. The van der Waals surface area contributed by atoms with Crippen LogP contribution in [0.3, 0.4) is 0 Å². The molecule has 0 bridgehead atoms. The van der Waals surface area contributed by atoms with Crippen LogP contribution in [0, 0.1) is 5.92 Å². The molecule has 1 aliphatic heterocycles. The van der Waals surface area contributed by atoms with Gasteiger partial charge in [-0.1, -0.05) is 43.2 Å². The van der Waals surface area contributed by atoms with Crippen LogP contribution < -0.4 is 0 Å². The van der Waals surface area contributed by atoms with Gasteiger partial charge in [-0.25, -0.2) is 0 Å². The first kappa shape index (κ1) is 17.9. The third-order valence-electron chi connectivity index (χ3n) is 5.43. The van der Waals surface area contributed by atoms with Crippen LogP contribution in [-0.2, 0) is 16.0 Å². The Labute approximate surface area is 149 Å². The summed E-state index contributed by atoms with van der Waals surface area (Å²) in [5.41, 5.74) is -0.477. The quantitative estimate of drug-likeness (QED) is 0.907. The number of piperazine rings is 1. The second kappa shape index (κ2) is 7.56. The van der Waals surface area contributed by atoms with E-state index in [0.717, 1.165) is 31.2 Å². The average Bonchev–Trinajstić information content (AvgIpc) is 3.16. The van der Waals surface area contributed by atoms with E-state index < -0.39 is 5.60 Å². The molecule has 2 aliphatic rings.